The Kier molecular flexibility index (Phi) is 8.97. The number of para-hydroxylation sites is 1. The summed E-state index contributed by atoms with van der Waals surface area (Å²) in [6, 6.07) is 24.9. The first-order valence-electron chi connectivity index (χ1n) is 17.7. The van der Waals surface area contributed by atoms with Gasteiger partial charge in [0.1, 0.15) is 11.6 Å². The van der Waals surface area contributed by atoms with Crippen LogP contribution in [-0.4, -0.2) is 55.4 Å². The van der Waals surface area contributed by atoms with Crippen LogP contribution in [0.25, 0.3) is 10.4 Å². The van der Waals surface area contributed by atoms with Crippen LogP contribution < -0.4 is 15.1 Å². The molecule has 10 heteroatoms. The first-order valence-corrected chi connectivity index (χ1v) is 18.5. The van der Waals surface area contributed by atoms with E-state index in [1.165, 1.54) is 17.4 Å². The Balaban J connectivity index is 0.981. The number of ketones is 1. The smallest absolute Gasteiger partial charge is 0.259 e. The van der Waals surface area contributed by atoms with Crippen LogP contribution >= 0.6 is 11.3 Å². The number of halogens is 1. The molecular weight excluding hydrogens is 676 g/mol. The fourth-order valence-corrected chi connectivity index (χ4v) is 8.71. The van der Waals surface area contributed by atoms with Crippen molar-refractivity contribution in [2.45, 2.75) is 39.5 Å². The third-order valence-corrected chi connectivity index (χ3v) is 11.9. The van der Waals surface area contributed by atoms with Gasteiger partial charge in [-0.1, -0.05) is 36.4 Å². The number of hydrogen-bond donors (Lipinski definition) is 1. The van der Waals surface area contributed by atoms with Crippen LogP contribution in [0.1, 0.15) is 65.6 Å². The maximum atomic E-state index is 14.3. The highest BCUT2D eigenvalue weighted by molar-refractivity contribution is 7.17. The molecule has 5 aromatic rings. The van der Waals surface area contributed by atoms with Gasteiger partial charge in [-0.15, -0.1) is 11.3 Å². The lowest BCUT2D eigenvalue weighted by Gasteiger charge is -2.53. The van der Waals surface area contributed by atoms with Gasteiger partial charge in [0.2, 0.25) is 0 Å². The molecule has 0 atom stereocenters. The fourth-order valence-electron chi connectivity index (χ4n) is 7.53. The van der Waals surface area contributed by atoms with Gasteiger partial charge in [0.05, 0.1) is 16.1 Å². The number of carbonyl (C=O) groups is 3. The quantitative estimate of drug-likeness (QED) is 0.172. The van der Waals surface area contributed by atoms with Gasteiger partial charge in [0.25, 0.3) is 11.8 Å². The third-order valence-electron chi connectivity index (χ3n) is 10.7. The Morgan fingerprint density at radius 3 is 2.44 bits per heavy atom. The van der Waals surface area contributed by atoms with E-state index >= 15 is 0 Å². The van der Waals surface area contributed by atoms with E-state index in [-0.39, 0.29) is 35.3 Å². The molecule has 2 amide bonds. The van der Waals surface area contributed by atoms with E-state index in [9.17, 15) is 18.8 Å². The summed E-state index contributed by atoms with van der Waals surface area (Å²) in [6.45, 7) is 7.65. The van der Waals surface area contributed by atoms with Crippen LogP contribution in [0.5, 0.6) is 0 Å². The Morgan fingerprint density at radius 1 is 0.942 bits per heavy atom. The first kappa shape index (κ1) is 33.9. The summed E-state index contributed by atoms with van der Waals surface area (Å²) in [7, 11) is 0. The van der Waals surface area contributed by atoms with E-state index in [0.717, 1.165) is 72.1 Å². The SMILES string of the molecule is Cc1cc(C(=O)Nc2ccc(C(=O)N3CCc4cc(C(=O)Cc5ccccc5F)sc4-c4ccccc43)cc2)c(N2CC3(CCOCC3)C2)nc1C. The minimum absolute atomic E-state index is 0.00719. The normalized spacial score (nSPS) is 16.1. The molecule has 1 N–H and O–H groups in total. The van der Waals surface area contributed by atoms with Crippen molar-refractivity contribution in [2.24, 2.45) is 5.41 Å². The van der Waals surface area contributed by atoms with Gasteiger partial charge in [-0.05, 0) is 98.3 Å². The number of nitrogens with zero attached hydrogens (tertiary/aromatic N) is 3. The number of hydrogen-bond acceptors (Lipinski definition) is 7. The second-order valence-corrected chi connectivity index (χ2v) is 15.2. The lowest BCUT2D eigenvalue weighted by atomic mass is 9.73. The van der Waals surface area contributed by atoms with E-state index in [1.807, 2.05) is 50.2 Å². The molecule has 8 nitrogen and oxygen atoms in total. The van der Waals surface area contributed by atoms with Crippen molar-refractivity contribution in [2.75, 3.05) is 48.0 Å². The van der Waals surface area contributed by atoms with Crippen LogP contribution in [0.15, 0.2) is 84.9 Å². The molecule has 3 aromatic carbocycles. The van der Waals surface area contributed by atoms with E-state index in [0.29, 0.717) is 46.0 Å². The average molecular weight is 715 g/mol. The van der Waals surface area contributed by atoms with Gasteiger partial charge in [0, 0.05) is 72.1 Å². The van der Waals surface area contributed by atoms with Crippen molar-refractivity contribution in [3.05, 3.63) is 129 Å². The maximum Gasteiger partial charge on any atom is 0.259 e. The molecule has 0 aliphatic carbocycles. The minimum Gasteiger partial charge on any atom is -0.381 e. The highest BCUT2D eigenvalue weighted by Gasteiger charge is 2.45. The number of anilines is 3. The monoisotopic (exact) mass is 714 g/mol. The zero-order valence-electron chi connectivity index (χ0n) is 29.2. The van der Waals surface area contributed by atoms with Gasteiger partial charge < -0.3 is 19.9 Å². The zero-order chi connectivity index (χ0) is 36.0. The second-order valence-electron chi connectivity index (χ2n) is 14.1. The highest BCUT2D eigenvalue weighted by Crippen LogP contribution is 2.44. The van der Waals surface area contributed by atoms with Crippen molar-refractivity contribution in [1.82, 2.24) is 4.98 Å². The number of ether oxygens (including phenoxy) is 1. The Morgan fingerprint density at radius 2 is 1.67 bits per heavy atom. The topological polar surface area (TPSA) is 91.8 Å². The van der Waals surface area contributed by atoms with Crippen LogP contribution in [0, 0.1) is 25.1 Å². The largest absolute Gasteiger partial charge is 0.381 e. The number of rotatable bonds is 7. The average Bonchev–Trinajstić information content (AvgIpc) is 3.51. The predicted octanol–water partition coefficient (Wildman–Crippen LogP) is 8.06. The first-order chi connectivity index (χ1) is 25.2. The summed E-state index contributed by atoms with van der Waals surface area (Å²) in [5.41, 5.74) is 6.72. The van der Waals surface area contributed by atoms with Crippen molar-refractivity contribution >= 4 is 46.1 Å². The third kappa shape index (κ3) is 6.41. The zero-order valence-corrected chi connectivity index (χ0v) is 30.0. The van der Waals surface area contributed by atoms with E-state index < -0.39 is 0 Å². The standard InChI is InChI=1S/C42H39FN4O4S/c1-26-21-33(39(44-27(26)2)46-24-42(25-46)16-19-51-20-17-42)40(49)45-31-13-11-28(12-14-31)41(50)47-18-15-30-23-37(36(48)22-29-7-3-5-9-34(29)43)52-38(30)32-8-4-6-10-35(32)47/h3-14,21,23H,15-20,22,24-25H2,1-2H3,(H,45,49). The summed E-state index contributed by atoms with van der Waals surface area (Å²) in [4.78, 5) is 51.3. The molecule has 0 bridgehead atoms. The Hall–Kier alpha value is -5.19. The lowest BCUT2D eigenvalue weighted by molar-refractivity contribution is -0.000520. The number of carbonyl (C=O) groups excluding carboxylic acids is 3. The fraction of sp³-hybridized carbons (Fsp3) is 0.286. The van der Waals surface area contributed by atoms with Gasteiger partial charge in [0.15, 0.2) is 5.78 Å². The number of benzene rings is 3. The summed E-state index contributed by atoms with van der Waals surface area (Å²) in [5.74, 6) is -0.203. The van der Waals surface area contributed by atoms with Gasteiger partial charge in [-0.2, -0.15) is 0 Å². The lowest BCUT2D eigenvalue weighted by Crippen LogP contribution is -2.59. The molecule has 3 aliphatic heterocycles. The van der Waals surface area contributed by atoms with Crippen molar-refractivity contribution in [1.29, 1.82) is 0 Å². The highest BCUT2D eigenvalue weighted by atomic mass is 32.1. The summed E-state index contributed by atoms with van der Waals surface area (Å²) >= 11 is 1.39. The maximum absolute atomic E-state index is 14.3. The molecule has 264 valence electrons. The number of amides is 2. The molecule has 2 aromatic heterocycles. The number of pyridine rings is 1. The number of nitrogens with one attached hydrogen (secondary N) is 1. The van der Waals surface area contributed by atoms with Gasteiger partial charge in [-0.25, -0.2) is 9.37 Å². The molecule has 3 aliphatic rings. The Labute approximate surface area is 306 Å². The molecule has 2 fully saturated rings. The molecule has 52 heavy (non-hydrogen) atoms. The van der Waals surface area contributed by atoms with Crippen LogP contribution in [0.4, 0.5) is 21.6 Å². The summed E-state index contributed by atoms with van der Waals surface area (Å²) < 4.78 is 19.9. The van der Waals surface area contributed by atoms with Crippen molar-refractivity contribution < 1.29 is 23.5 Å². The Bertz CT molecular complexity index is 2200. The number of Topliss-reactive ketones (excluding diaryl/α,β-unsaturated/α-hetero) is 1. The minimum atomic E-state index is -0.387. The summed E-state index contributed by atoms with van der Waals surface area (Å²) in [6.07, 6.45) is 2.61. The molecule has 0 unspecified atom stereocenters. The molecule has 1 spiro atoms. The second kappa shape index (κ2) is 13.7. The molecule has 0 radical (unpaired) electrons. The van der Waals surface area contributed by atoms with E-state index in [1.54, 1.807) is 47.4 Å². The predicted molar refractivity (Wildman–Crippen MR) is 202 cm³/mol. The molecule has 2 saturated heterocycles. The van der Waals surface area contributed by atoms with Crippen molar-refractivity contribution in [3.8, 4) is 10.4 Å². The van der Waals surface area contributed by atoms with Gasteiger partial charge >= 0.3 is 0 Å². The number of aromatic nitrogens is 1. The van der Waals surface area contributed by atoms with Gasteiger partial charge in [-0.3, -0.25) is 14.4 Å². The molecule has 8 rings (SSSR count). The molecule has 5 heterocycles. The van der Waals surface area contributed by atoms with Crippen LogP contribution in [-0.2, 0) is 17.6 Å². The number of thiophene rings is 1. The number of aryl methyl sites for hydroxylation is 2. The van der Waals surface area contributed by atoms with E-state index in [4.69, 9.17) is 9.72 Å². The van der Waals surface area contributed by atoms with E-state index in [2.05, 4.69) is 10.2 Å². The summed E-state index contributed by atoms with van der Waals surface area (Å²) in [5, 5.41) is 3.03. The molecular formula is C42H39FN4O4S. The van der Waals surface area contributed by atoms with Crippen LogP contribution in [0.3, 0.4) is 0 Å². The van der Waals surface area contributed by atoms with Crippen molar-refractivity contribution in [3.63, 3.8) is 0 Å². The molecule has 0 saturated carbocycles. The van der Waals surface area contributed by atoms with Crippen LogP contribution in [0.2, 0.25) is 0 Å². The number of fused-ring (bicyclic) bond motifs is 3.